The van der Waals surface area contributed by atoms with Gasteiger partial charge < -0.3 is 5.73 Å². The van der Waals surface area contributed by atoms with Gasteiger partial charge in [0.15, 0.2) is 0 Å². The Labute approximate surface area is 84.7 Å². The van der Waals surface area contributed by atoms with Gasteiger partial charge in [-0.15, -0.1) is 12.4 Å². The number of nitrogens with two attached hydrogens (primary N) is 1. The average Bonchev–Trinajstić information content (AvgIpc) is 1.97. The number of hydrogen-bond donors (Lipinski definition) is 1. The van der Waals surface area contributed by atoms with Gasteiger partial charge in [0, 0.05) is 5.33 Å². The highest BCUT2D eigenvalue weighted by Gasteiger charge is 1.88. The molecule has 0 saturated carbocycles. The van der Waals surface area contributed by atoms with E-state index in [0.717, 1.165) is 11.9 Å². The number of rotatable bonds is 7. The lowest BCUT2D eigenvalue weighted by molar-refractivity contribution is 0.614. The monoisotopic (exact) mass is 243 g/mol. The van der Waals surface area contributed by atoms with Crippen LogP contribution < -0.4 is 5.73 Å². The first-order chi connectivity index (χ1) is 4.91. The molecular formula is C8H19BrClN. The van der Waals surface area contributed by atoms with Gasteiger partial charge in [-0.2, -0.15) is 0 Å². The maximum Gasteiger partial charge on any atom is 0.00313 e. The Morgan fingerprint density at radius 2 is 1.27 bits per heavy atom. The van der Waals surface area contributed by atoms with Gasteiger partial charge >= 0.3 is 0 Å². The molecule has 0 spiro atoms. The molecule has 0 radical (unpaired) electrons. The lowest BCUT2D eigenvalue weighted by Crippen LogP contribution is -1.97. The summed E-state index contributed by atoms with van der Waals surface area (Å²) in [5, 5.41) is 1.16. The Bertz CT molecular complexity index is 54.1. The van der Waals surface area contributed by atoms with E-state index in [1.165, 1.54) is 38.5 Å². The molecule has 0 atom stereocenters. The summed E-state index contributed by atoms with van der Waals surface area (Å²) in [6, 6.07) is 0. The molecule has 0 unspecified atom stereocenters. The summed E-state index contributed by atoms with van der Waals surface area (Å²) in [4.78, 5) is 0. The van der Waals surface area contributed by atoms with E-state index in [2.05, 4.69) is 15.9 Å². The predicted octanol–water partition coefficient (Wildman–Crippen LogP) is 3.10. The number of unbranched alkanes of at least 4 members (excludes halogenated alkanes) is 5. The summed E-state index contributed by atoms with van der Waals surface area (Å²) in [7, 11) is 0. The van der Waals surface area contributed by atoms with Crippen LogP contribution in [0.25, 0.3) is 0 Å². The van der Waals surface area contributed by atoms with Crippen molar-refractivity contribution in [3.8, 4) is 0 Å². The molecule has 0 bridgehead atoms. The molecule has 0 fully saturated rings. The third-order valence-corrected chi connectivity index (χ3v) is 2.15. The van der Waals surface area contributed by atoms with Crippen LogP contribution in [0.5, 0.6) is 0 Å². The maximum atomic E-state index is 5.36. The summed E-state index contributed by atoms with van der Waals surface area (Å²) in [6.07, 6.45) is 7.96. The second-order valence-corrected chi connectivity index (χ2v) is 3.39. The molecule has 1 nitrogen and oxygen atoms in total. The van der Waals surface area contributed by atoms with Crippen molar-refractivity contribution in [2.45, 2.75) is 38.5 Å². The van der Waals surface area contributed by atoms with Crippen molar-refractivity contribution in [1.29, 1.82) is 0 Å². The fourth-order valence-electron chi connectivity index (χ4n) is 0.946. The Morgan fingerprint density at radius 1 is 0.818 bits per heavy atom. The van der Waals surface area contributed by atoms with Crippen molar-refractivity contribution in [3.63, 3.8) is 0 Å². The second-order valence-electron chi connectivity index (χ2n) is 2.60. The zero-order valence-corrected chi connectivity index (χ0v) is 9.42. The van der Waals surface area contributed by atoms with E-state index in [-0.39, 0.29) is 12.4 Å². The third-order valence-electron chi connectivity index (χ3n) is 1.59. The van der Waals surface area contributed by atoms with E-state index in [1.807, 2.05) is 0 Å². The van der Waals surface area contributed by atoms with E-state index in [0.29, 0.717) is 0 Å². The summed E-state index contributed by atoms with van der Waals surface area (Å²) < 4.78 is 0. The van der Waals surface area contributed by atoms with Crippen LogP contribution in [0, 0.1) is 0 Å². The fraction of sp³-hybridized carbons (Fsp3) is 1.00. The molecule has 0 amide bonds. The van der Waals surface area contributed by atoms with Crippen molar-refractivity contribution in [3.05, 3.63) is 0 Å². The van der Waals surface area contributed by atoms with Crippen molar-refractivity contribution in [2.75, 3.05) is 11.9 Å². The minimum atomic E-state index is 0. The number of alkyl halides is 1. The zero-order valence-electron chi connectivity index (χ0n) is 7.02. The highest BCUT2D eigenvalue weighted by atomic mass is 79.9. The largest absolute Gasteiger partial charge is 0.330 e. The summed E-state index contributed by atoms with van der Waals surface area (Å²) >= 11 is 3.41. The number of halogens is 2. The molecule has 0 aromatic carbocycles. The first-order valence-electron chi connectivity index (χ1n) is 4.18. The molecule has 0 aromatic heterocycles. The standard InChI is InChI=1S/C8H18BrN.ClH/c9-7-5-3-1-2-4-6-8-10;/h1-8,10H2;1H. The Balaban J connectivity index is 0. The minimum absolute atomic E-state index is 0. The minimum Gasteiger partial charge on any atom is -0.330 e. The van der Waals surface area contributed by atoms with Crippen LogP contribution in [0.15, 0.2) is 0 Å². The molecule has 0 heterocycles. The van der Waals surface area contributed by atoms with Gasteiger partial charge in [-0.1, -0.05) is 41.6 Å². The van der Waals surface area contributed by atoms with Gasteiger partial charge in [-0.05, 0) is 19.4 Å². The van der Waals surface area contributed by atoms with Crippen molar-refractivity contribution in [2.24, 2.45) is 5.73 Å². The second kappa shape index (κ2) is 13.3. The molecule has 0 rings (SSSR count). The Kier molecular flexibility index (Phi) is 17.3. The van der Waals surface area contributed by atoms with Gasteiger partial charge in [0.2, 0.25) is 0 Å². The Hall–Kier alpha value is 0.730. The first-order valence-corrected chi connectivity index (χ1v) is 5.30. The van der Waals surface area contributed by atoms with Crippen LogP contribution in [-0.4, -0.2) is 11.9 Å². The van der Waals surface area contributed by atoms with Gasteiger partial charge in [0.25, 0.3) is 0 Å². The quantitative estimate of drug-likeness (QED) is 0.540. The van der Waals surface area contributed by atoms with Gasteiger partial charge in [-0.25, -0.2) is 0 Å². The van der Waals surface area contributed by atoms with E-state index in [1.54, 1.807) is 0 Å². The smallest absolute Gasteiger partial charge is 0.00313 e. The number of hydrogen-bond acceptors (Lipinski definition) is 1. The molecule has 3 heteroatoms. The molecule has 0 aromatic rings. The first kappa shape index (κ1) is 14.3. The molecule has 0 aliphatic heterocycles. The van der Waals surface area contributed by atoms with Crippen LogP contribution in [-0.2, 0) is 0 Å². The third kappa shape index (κ3) is 13.7. The molecule has 0 saturated heterocycles. The van der Waals surface area contributed by atoms with Crippen LogP contribution >= 0.6 is 28.3 Å². The van der Waals surface area contributed by atoms with Crippen LogP contribution in [0.4, 0.5) is 0 Å². The molecular weight excluding hydrogens is 225 g/mol. The highest BCUT2D eigenvalue weighted by Crippen LogP contribution is 2.05. The van der Waals surface area contributed by atoms with Gasteiger partial charge in [0.1, 0.15) is 0 Å². The molecule has 0 aliphatic carbocycles. The van der Waals surface area contributed by atoms with Crippen molar-refractivity contribution < 1.29 is 0 Å². The lowest BCUT2D eigenvalue weighted by atomic mass is 10.1. The van der Waals surface area contributed by atoms with Crippen LogP contribution in [0.2, 0.25) is 0 Å². The summed E-state index contributed by atoms with van der Waals surface area (Å²) in [5.74, 6) is 0. The van der Waals surface area contributed by atoms with E-state index >= 15 is 0 Å². The molecule has 0 aliphatic rings. The van der Waals surface area contributed by atoms with Gasteiger partial charge in [-0.3, -0.25) is 0 Å². The van der Waals surface area contributed by atoms with Crippen LogP contribution in [0.1, 0.15) is 38.5 Å². The van der Waals surface area contributed by atoms with Gasteiger partial charge in [0.05, 0.1) is 0 Å². The molecule has 11 heavy (non-hydrogen) atoms. The zero-order chi connectivity index (χ0) is 7.66. The SMILES string of the molecule is Cl.NCCCCCCCCBr. The topological polar surface area (TPSA) is 26.0 Å². The molecule has 70 valence electrons. The average molecular weight is 245 g/mol. The summed E-state index contributed by atoms with van der Waals surface area (Å²) in [5.41, 5.74) is 5.36. The molecule has 2 N–H and O–H groups in total. The fourth-order valence-corrected chi connectivity index (χ4v) is 1.34. The Morgan fingerprint density at radius 3 is 1.73 bits per heavy atom. The summed E-state index contributed by atoms with van der Waals surface area (Å²) in [6.45, 7) is 0.860. The normalized spacial score (nSPS) is 9.27. The van der Waals surface area contributed by atoms with E-state index in [4.69, 9.17) is 5.73 Å². The van der Waals surface area contributed by atoms with E-state index < -0.39 is 0 Å². The van der Waals surface area contributed by atoms with Crippen LogP contribution in [0.3, 0.4) is 0 Å². The predicted molar refractivity (Wildman–Crippen MR) is 57.8 cm³/mol. The van der Waals surface area contributed by atoms with E-state index in [9.17, 15) is 0 Å². The van der Waals surface area contributed by atoms with Crippen molar-refractivity contribution >= 4 is 28.3 Å². The highest BCUT2D eigenvalue weighted by molar-refractivity contribution is 9.09. The van der Waals surface area contributed by atoms with Crippen molar-refractivity contribution in [1.82, 2.24) is 0 Å². The maximum absolute atomic E-state index is 5.36. The lowest BCUT2D eigenvalue weighted by Gasteiger charge is -1.97.